The zero-order valence-electron chi connectivity index (χ0n) is 53.0. The average molecular weight is 1110 g/mol. The molecule has 0 spiro atoms. The van der Waals surface area contributed by atoms with Crippen LogP contribution in [0.15, 0.2) is 170 Å². The van der Waals surface area contributed by atoms with Crippen molar-refractivity contribution < 1.29 is 0 Å². The lowest BCUT2D eigenvalue weighted by Crippen LogP contribution is -2.01. The van der Waals surface area contributed by atoms with Crippen LogP contribution in [0, 0.1) is 13.8 Å². The molecule has 0 N–H and O–H groups in total. The average Bonchev–Trinajstić information content (AvgIpc) is 3.46. The predicted octanol–water partition coefficient (Wildman–Crippen LogP) is 26.2. The minimum atomic E-state index is 1.07. The van der Waals surface area contributed by atoms with Crippen LogP contribution in [0.4, 0.5) is 0 Å². The van der Waals surface area contributed by atoms with Gasteiger partial charge in [-0.3, -0.25) is 0 Å². The summed E-state index contributed by atoms with van der Waals surface area (Å²) in [5.74, 6) is 0. The molecule has 84 heavy (non-hydrogen) atoms. The second-order valence-corrected chi connectivity index (χ2v) is 25.3. The standard InChI is InChI=1S/C84H102/c1-7-11-15-19-23-29-41-67-60-83(70(50-64(67)6)42-30-24-20-16-12-8-2)80-57-79(78-55-75(65-37-33-27-34-38-65)54-76(56-78)66-39-35-28-36-40-66)58-81(59-80)84-62-71(43-31-25-21-17-13-9-3)82(61-72(84)44-32-26-22-18-14-10-4)73-48-47-69-51-74-49-63(5)45-46-68(74)52-77(69)53-73/h27-28,33-40,45-62H,7-26,29-32,41-44H2,1-6H3. The molecule has 0 bridgehead atoms. The first-order valence-corrected chi connectivity index (χ1v) is 34.0. The molecule has 0 unspecified atom stereocenters. The molecule has 438 valence electrons. The van der Waals surface area contributed by atoms with E-state index >= 15 is 0 Å². The van der Waals surface area contributed by atoms with E-state index in [2.05, 4.69) is 211 Å². The largest absolute Gasteiger partial charge is 0.0654 e. The maximum atomic E-state index is 2.70. The van der Waals surface area contributed by atoms with Crippen molar-refractivity contribution >= 4 is 21.5 Å². The first-order valence-electron chi connectivity index (χ1n) is 34.0. The van der Waals surface area contributed by atoms with Crippen LogP contribution in [0.3, 0.4) is 0 Å². The Balaban J connectivity index is 1.26. The monoisotopic (exact) mass is 1110 g/mol. The third-order valence-corrected chi connectivity index (χ3v) is 18.4. The summed E-state index contributed by atoms with van der Waals surface area (Å²) < 4.78 is 0. The summed E-state index contributed by atoms with van der Waals surface area (Å²) in [6.45, 7) is 13.9. The molecule has 0 fully saturated rings. The van der Waals surface area contributed by atoms with Crippen LogP contribution in [0.25, 0.3) is 88.3 Å². The Morgan fingerprint density at radius 3 is 1.00 bits per heavy atom. The van der Waals surface area contributed by atoms with Gasteiger partial charge < -0.3 is 0 Å². The molecule has 9 aromatic rings. The zero-order valence-corrected chi connectivity index (χ0v) is 53.0. The van der Waals surface area contributed by atoms with E-state index in [1.165, 1.54) is 276 Å². The Morgan fingerprint density at radius 2 is 0.548 bits per heavy atom. The summed E-state index contributed by atoms with van der Waals surface area (Å²) in [4.78, 5) is 0. The summed E-state index contributed by atoms with van der Waals surface area (Å²) in [5.41, 5.74) is 24.8. The maximum absolute atomic E-state index is 2.70. The van der Waals surface area contributed by atoms with E-state index in [1.807, 2.05) is 0 Å². The molecule has 0 aliphatic heterocycles. The van der Waals surface area contributed by atoms with Gasteiger partial charge in [0.1, 0.15) is 0 Å². The highest BCUT2D eigenvalue weighted by atomic mass is 14.2. The number of aryl methyl sites for hydroxylation is 6. The number of benzene rings is 9. The Bertz CT molecular complexity index is 3400. The van der Waals surface area contributed by atoms with Gasteiger partial charge in [-0.25, -0.2) is 0 Å². The molecule has 0 radical (unpaired) electrons. The SMILES string of the molecule is CCCCCCCCc1cc(-c2cc(-c3cc(-c4ccccc4)cc(-c4ccccc4)c3)cc(-c3cc(CCCCCCCC)c(-c4ccc5cc6cc(C)ccc6cc5c4)cc3CCCCCCCC)c2)c(CCCCCCCC)cc1C. The van der Waals surface area contributed by atoms with E-state index in [0.29, 0.717) is 0 Å². The number of rotatable bonds is 34. The molecule has 0 saturated heterocycles. The van der Waals surface area contributed by atoms with Gasteiger partial charge in [0.15, 0.2) is 0 Å². The summed E-state index contributed by atoms with van der Waals surface area (Å²) in [6.07, 6.45) is 35.6. The zero-order chi connectivity index (χ0) is 58.3. The van der Waals surface area contributed by atoms with Crippen LogP contribution >= 0.6 is 0 Å². The van der Waals surface area contributed by atoms with Crippen LogP contribution in [-0.2, 0) is 25.7 Å². The molecule has 9 aromatic carbocycles. The molecule has 0 saturated carbocycles. The van der Waals surface area contributed by atoms with Crippen molar-refractivity contribution in [2.75, 3.05) is 0 Å². The molecule has 0 amide bonds. The van der Waals surface area contributed by atoms with Crippen molar-refractivity contribution in [2.24, 2.45) is 0 Å². The van der Waals surface area contributed by atoms with Gasteiger partial charge in [0.25, 0.3) is 0 Å². The van der Waals surface area contributed by atoms with E-state index in [0.717, 1.165) is 25.7 Å². The van der Waals surface area contributed by atoms with Gasteiger partial charge in [-0.15, -0.1) is 0 Å². The lowest BCUT2D eigenvalue weighted by molar-refractivity contribution is 0.605. The van der Waals surface area contributed by atoms with Crippen molar-refractivity contribution in [1.82, 2.24) is 0 Å². The fourth-order valence-corrected chi connectivity index (χ4v) is 13.4. The van der Waals surface area contributed by atoms with Crippen molar-refractivity contribution in [2.45, 2.75) is 221 Å². The first-order chi connectivity index (χ1) is 41.3. The van der Waals surface area contributed by atoms with E-state index in [-0.39, 0.29) is 0 Å². The van der Waals surface area contributed by atoms with Crippen LogP contribution in [0.5, 0.6) is 0 Å². The summed E-state index contributed by atoms with van der Waals surface area (Å²) in [6, 6.07) is 67.1. The van der Waals surface area contributed by atoms with E-state index in [1.54, 1.807) is 0 Å². The Hall–Kier alpha value is -6.50. The van der Waals surface area contributed by atoms with Crippen LogP contribution in [0.2, 0.25) is 0 Å². The van der Waals surface area contributed by atoms with E-state index in [4.69, 9.17) is 0 Å². The smallest absolute Gasteiger partial charge is 0.0148 e. The molecule has 0 aromatic heterocycles. The highest BCUT2D eigenvalue weighted by Gasteiger charge is 2.20. The van der Waals surface area contributed by atoms with Crippen molar-refractivity contribution in [3.63, 3.8) is 0 Å². The molecular formula is C84H102. The Morgan fingerprint density at radius 1 is 0.214 bits per heavy atom. The molecule has 0 aliphatic rings. The molecule has 0 aliphatic carbocycles. The molecule has 0 heterocycles. The topological polar surface area (TPSA) is 0 Å². The third kappa shape index (κ3) is 17.3. The van der Waals surface area contributed by atoms with Gasteiger partial charge in [-0.2, -0.15) is 0 Å². The molecule has 0 nitrogen and oxygen atoms in total. The summed E-state index contributed by atoms with van der Waals surface area (Å²) >= 11 is 0. The quantitative estimate of drug-likeness (QED) is 0.0279. The summed E-state index contributed by atoms with van der Waals surface area (Å²) in [7, 11) is 0. The van der Waals surface area contributed by atoms with Crippen LogP contribution in [0.1, 0.15) is 215 Å². The number of hydrogen-bond donors (Lipinski definition) is 0. The van der Waals surface area contributed by atoms with E-state index in [9.17, 15) is 0 Å². The normalized spacial score (nSPS) is 11.6. The van der Waals surface area contributed by atoms with Gasteiger partial charge in [0.2, 0.25) is 0 Å². The first kappa shape index (κ1) is 62.0. The number of unbranched alkanes of at least 4 members (excludes halogenated alkanes) is 20. The minimum Gasteiger partial charge on any atom is -0.0654 e. The van der Waals surface area contributed by atoms with Gasteiger partial charge in [-0.05, 0) is 236 Å². The van der Waals surface area contributed by atoms with Crippen molar-refractivity contribution in [3.05, 3.63) is 203 Å². The van der Waals surface area contributed by atoms with Crippen LogP contribution < -0.4 is 0 Å². The van der Waals surface area contributed by atoms with Gasteiger partial charge >= 0.3 is 0 Å². The third-order valence-electron chi connectivity index (χ3n) is 18.4. The molecule has 0 atom stereocenters. The summed E-state index contributed by atoms with van der Waals surface area (Å²) in [5, 5.41) is 5.28. The number of hydrogen-bond acceptors (Lipinski definition) is 0. The molecule has 0 heteroatoms. The number of fused-ring (bicyclic) bond motifs is 2. The maximum Gasteiger partial charge on any atom is -0.0148 e. The highest BCUT2D eigenvalue weighted by Crippen LogP contribution is 2.43. The van der Waals surface area contributed by atoms with Gasteiger partial charge in [0, 0.05) is 0 Å². The lowest BCUT2D eigenvalue weighted by atomic mass is 9.83. The second-order valence-electron chi connectivity index (χ2n) is 25.3. The second kappa shape index (κ2) is 32.7. The minimum absolute atomic E-state index is 1.07. The molecular weight excluding hydrogens is 1010 g/mol. The Labute approximate surface area is 510 Å². The van der Waals surface area contributed by atoms with E-state index < -0.39 is 0 Å². The lowest BCUT2D eigenvalue weighted by Gasteiger charge is -2.21. The van der Waals surface area contributed by atoms with Crippen molar-refractivity contribution in [1.29, 1.82) is 0 Å². The predicted molar refractivity (Wildman–Crippen MR) is 372 cm³/mol. The Kier molecular flexibility index (Phi) is 24.1. The molecule has 9 rings (SSSR count). The van der Waals surface area contributed by atoms with Gasteiger partial charge in [0.05, 0.1) is 0 Å². The van der Waals surface area contributed by atoms with Crippen molar-refractivity contribution in [3.8, 4) is 66.8 Å². The highest BCUT2D eigenvalue weighted by molar-refractivity contribution is 6.00. The van der Waals surface area contributed by atoms with Crippen LogP contribution in [-0.4, -0.2) is 0 Å². The van der Waals surface area contributed by atoms with Gasteiger partial charge in [-0.1, -0.05) is 277 Å². The fourth-order valence-electron chi connectivity index (χ4n) is 13.4. The fraction of sp³-hybridized carbons (Fsp3) is 0.405.